The van der Waals surface area contributed by atoms with Gasteiger partial charge >= 0.3 is 0 Å². The largest absolute Gasteiger partial charge is 0.316 e. The van der Waals surface area contributed by atoms with Crippen LogP contribution in [0.25, 0.3) is 11.3 Å². The summed E-state index contributed by atoms with van der Waals surface area (Å²) in [7, 11) is 0. The number of carbonyl (C=O) groups excluding carboxylic acids is 2. The first-order chi connectivity index (χ1) is 14.5. The molecular weight excluding hydrogens is 421 g/mol. The molecule has 1 fully saturated rings. The van der Waals surface area contributed by atoms with Crippen LogP contribution in [0.5, 0.6) is 0 Å². The molecule has 1 atom stereocenters. The SMILES string of the molecule is CCSc1nc(-c2ccccc2)c(NC(=O)C2CC(=O)N(c3ccc(F)cc3)C2)s1. The first kappa shape index (κ1) is 20.6. The zero-order valence-corrected chi connectivity index (χ0v) is 17.9. The molecular formula is C22H20FN3O2S2. The molecule has 154 valence electrons. The van der Waals surface area contributed by atoms with Crippen molar-refractivity contribution in [1.29, 1.82) is 0 Å². The Balaban J connectivity index is 1.52. The fraction of sp³-hybridized carbons (Fsp3) is 0.227. The monoisotopic (exact) mass is 441 g/mol. The van der Waals surface area contributed by atoms with Gasteiger partial charge in [0.2, 0.25) is 11.8 Å². The Bertz CT molecular complexity index is 1050. The Hall–Kier alpha value is -2.71. The Labute approximate surface area is 182 Å². The Morgan fingerprint density at radius 2 is 1.97 bits per heavy atom. The molecule has 1 aliphatic heterocycles. The van der Waals surface area contributed by atoms with Crippen LogP contribution in [0.2, 0.25) is 0 Å². The highest BCUT2D eigenvalue weighted by Crippen LogP contribution is 2.38. The summed E-state index contributed by atoms with van der Waals surface area (Å²) in [6.45, 7) is 2.33. The van der Waals surface area contributed by atoms with Crippen molar-refractivity contribution in [3.8, 4) is 11.3 Å². The lowest BCUT2D eigenvalue weighted by atomic mass is 10.1. The van der Waals surface area contributed by atoms with Crippen LogP contribution in [0.3, 0.4) is 0 Å². The maximum Gasteiger partial charge on any atom is 0.230 e. The number of benzene rings is 2. The van der Waals surface area contributed by atoms with Crippen molar-refractivity contribution in [3.05, 3.63) is 60.4 Å². The number of thioether (sulfide) groups is 1. The zero-order valence-electron chi connectivity index (χ0n) is 16.3. The first-order valence-electron chi connectivity index (χ1n) is 9.61. The van der Waals surface area contributed by atoms with Crippen molar-refractivity contribution in [1.82, 2.24) is 4.98 Å². The minimum atomic E-state index is -0.476. The van der Waals surface area contributed by atoms with Gasteiger partial charge in [-0.2, -0.15) is 0 Å². The molecule has 0 saturated carbocycles. The van der Waals surface area contributed by atoms with E-state index in [-0.39, 0.29) is 30.6 Å². The third kappa shape index (κ3) is 4.39. The summed E-state index contributed by atoms with van der Waals surface area (Å²) < 4.78 is 14.1. The lowest BCUT2D eigenvalue weighted by Gasteiger charge is -2.16. The number of halogens is 1. The third-order valence-corrected chi connectivity index (χ3v) is 6.79. The number of hydrogen-bond acceptors (Lipinski definition) is 5. The van der Waals surface area contributed by atoms with Crippen LogP contribution in [0, 0.1) is 11.7 Å². The predicted octanol–water partition coefficient (Wildman–Crippen LogP) is 5.05. The van der Waals surface area contributed by atoms with E-state index in [9.17, 15) is 14.0 Å². The molecule has 1 saturated heterocycles. The number of anilines is 2. The van der Waals surface area contributed by atoms with Gasteiger partial charge in [-0.1, -0.05) is 60.4 Å². The van der Waals surface area contributed by atoms with Crippen LogP contribution in [0.4, 0.5) is 15.1 Å². The molecule has 1 N–H and O–H groups in total. The maximum atomic E-state index is 13.2. The van der Waals surface area contributed by atoms with E-state index >= 15 is 0 Å². The standard InChI is InChI=1S/C22H20FN3O2S2/c1-2-29-22-24-19(14-6-4-3-5-7-14)21(30-22)25-20(28)15-12-18(27)26(13-15)17-10-8-16(23)9-11-17/h3-11,15H,2,12-13H2,1H3,(H,25,28). The second kappa shape index (κ2) is 8.97. The van der Waals surface area contributed by atoms with E-state index < -0.39 is 5.92 Å². The van der Waals surface area contributed by atoms with Gasteiger partial charge in [0.15, 0.2) is 4.34 Å². The number of nitrogens with one attached hydrogen (secondary N) is 1. The molecule has 2 aromatic carbocycles. The van der Waals surface area contributed by atoms with E-state index in [0.717, 1.165) is 21.3 Å². The van der Waals surface area contributed by atoms with Crippen LogP contribution in [0.1, 0.15) is 13.3 Å². The molecule has 2 amide bonds. The van der Waals surface area contributed by atoms with Crippen molar-refractivity contribution in [3.63, 3.8) is 0 Å². The lowest BCUT2D eigenvalue weighted by Crippen LogP contribution is -2.28. The smallest absolute Gasteiger partial charge is 0.230 e. The highest BCUT2D eigenvalue weighted by Gasteiger charge is 2.35. The molecule has 1 aliphatic rings. The highest BCUT2D eigenvalue weighted by molar-refractivity contribution is 8.01. The van der Waals surface area contributed by atoms with Gasteiger partial charge in [-0.3, -0.25) is 9.59 Å². The summed E-state index contributed by atoms with van der Waals surface area (Å²) in [5, 5.41) is 3.69. The van der Waals surface area contributed by atoms with Gasteiger partial charge < -0.3 is 10.2 Å². The molecule has 0 spiro atoms. The van der Waals surface area contributed by atoms with Crippen molar-refractivity contribution in [2.45, 2.75) is 17.7 Å². The Morgan fingerprint density at radius 3 is 2.67 bits per heavy atom. The topological polar surface area (TPSA) is 62.3 Å². The molecule has 2 heterocycles. The average molecular weight is 442 g/mol. The summed E-state index contributed by atoms with van der Waals surface area (Å²) >= 11 is 3.07. The van der Waals surface area contributed by atoms with Crippen molar-refractivity contribution in [2.75, 3.05) is 22.5 Å². The fourth-order valence-corrected chi connectivity index (χ4v) is 5.30. The van der Waals surface area contributed by atoms with Crippen LogP contribution >= 0.6 is 23.1 Å². The third-order valence-electron chi connectivity index (χ3n) is 4.79. The molecule has 5 nitrogen and oxygen atoms in total. The molecule has 0 bridgehead atoms. The Kier molecular flexibility index (Phi) is 6.15. The molecule has 30 heavy (non-hydrogen) atoms. The number of thiazole rings is 1. The number of aromatic nitrogens is 1. The average Bonchev–Trinajstić information content (AvgIpc) is 3.33. The van der Waals surface area contributed by atoms with Crippen LogP contribution in [0.15, 0.2) is 58.9 Å². The molecule has 1 aromatic heterocycles. The van der Waals surface area contributed by atoms with Crippen LogP contribution in [-0.4, -0.2) is 29.1 Å². The summed E-state index contributed by atoms with van der Waals surface area (Å²) in [4.78, 5) is 31.6. The highest BCUT2D eigenvalue weighted by atomic mass is 32.2. The molecule has 8 heteroatoms. The molecule has 0 aliphatic carbocycles. The second-order valence-corrected chi connectivity index (χ2v) is 9.34. The quantitative estimate of drug-likeness (QED) is 0.544. The van der Waals surface area contributed by atoms with Crippen LogP contribution < -0.4 is 10.2 Å². The van der Waals surface area contributed by atoms with E-state index in [1.807, 2.05) is 30.3 Å². The van der Waals surface area contributed by atoms with E-state index in [2.05, 4.69) is 17.2 Å². The van der Waals surface area contributed by atoms with E-state index in [1.54, 1.807) is 23.9 Å². The summed E-state index contributed by atoms with van der Waals surface area (Å²) in [6.07, 6.45) is 0.124. The maximum absolute atomic E-state index is 13.2. The minimum absolute atomic E-state index is 0.124. The van der Waals surface area contributed by atoms with E-state index in [4.69, 9.17) is 0 Å². The molecule has 4 rings (SSSR count). The normalized spacial score (nSPS) is 16.1. The first-order valence-corrected chi connectivity index (χ1v) is 11.4. The molecule has 0 radical (unpaired) electrons. The molecule has 1 unspecified atom stereocenters. The minimum Gasteiger partial charge on any atom is -0.316 e. The van der Waals surface area contributed by atoms with E-state index in [1.165, 1.54) is 28.4 Å². The van der Waals surface area contributed by atoms with Gasteiger partial charge in [0.05, 0.1) is 5.92 Å². The number of hydrogen-bond donors (Lipinski definition) is 1. The van der Waals surface area contributed by atoms with Gasteiger partial charge in [0.25, 0.3) is 0 Å². The van der Waals surface area contributed by atoms with Crippen LogP contribution in [-0.2, 0) is 9.59 Å². The Morgan fingerprint density at radius 1 is 1.23 bits per heavy atom. The van der Waals surface area contributed by atoms with Crippen molar-refractivity contribution in [2.24, 2.45) is 5.92 Å². The van der Waals surface area contributed by atoms with E-state index in [0.29, 0.717) is 10.7 Å². The summed E-state index contributed by atoms with van der Waals surface area (Å²) in [5.41, 5.74) is 2.27. The molecule has 3 aromatic rings. The van der Waals surface area contributed by atoms with Gasteiger partial charge in [0.1, 0.15) is 16.5 Å². The number of nitrogens with zero attached hydrogens (tertiary/aromatic N) is 2. The zero-order chi connectivity index (χ0) is 21.1. The van der Waals surface area contributed by atoms with Gasteiger partial charge in [-0.15, -0.1) is 0 Å². The summed E-state index contributed by atoms with van der Waals surface area (Å²) in [5.74, 6) is -0.299. The number of carbonyl (C=O) groups is 2. The lowest BCUT2D eigenvalue weighted by molar-refractivity contribution is -0.122. The summed E-state index contributed by atoms with van der Waals surface area (Å²) in [6, 6.07) is 15.5. The number of amides is 2. The predicted molar refractivity (Wildman–Crippen MR) is 119 cm³/mol. The second-order valence-electron chi connectivity index (χ2n) is 6.83. The fourth-order valence-electron chi connectivity index (χ4n) is 3.33. The van der Waals surface area contributed by atoms with Gasteiger partial charge in [0, 0.05) is 24.2 Å². The van der Waals surface area contributed by atoms with Crippen molar-refractivity contribution < 1.29 is 14.0 Å². The van der Waals surface area contributed by atoms with Gasteiger partial charge in [-0.25, -0.2) is 9.37 Å². The number of rotatable bonds is 6. The van der Waals surface area contributed by atoms with Crippen molar-refractivity contribution >= 4 is 45.6 Å². The van der Waals surface area contributed by atoms with Gasteiger partial charge in [-0.05, 0) is 30.0 Å².